The van der Waals surface area contributed by atoms with Crippen molar-refractivity contribution in [3.63, 3.8) is 0 Å². The zero-order valence-corrected chi connectivity index (χ0v) is 20.6. The molecule has 2 unspecified atom stereocenters. The number of rotatable bonds is 4. The molecule has 0 spiro atoms. The van der Waals surface area contributed by atoms with E-state index >= 15 is 0 Å². The van der Waals surface area contributed by atoms with Crippen LogP contribution in [0, 0.1) is 24.6 Å². The van der Waals surface area contributed by atoms with Crippen molar-refractivity contribution in [2.45, 2.75) is 44.6 Å². The van der Waals surface area contributed by atoms with E-state index < -0.39 is 18.0 Å². The maximum Gasteiger partial charge on any atom is 0.270 e. The third kappa shape index (κ3) is 4.73. The van der Waals surface area contributed by atoms with Crippen molar-refractivity contribution in [3.8, 4) is 11.8 Å². The Kier molecular flexibility index (Phi) is 6.08. The number of nitrogens with zero attached hydrogens (tertiary/aromatic N) is 4. The summed E-state index contributed by atoms with van der Waals surface area (Å²) in [5, 5.41) is 6.63. The first kappa shape index (κ1) is 23.8. The molecule has 0 saturated heterocycles. The number of carbonyl (C=O) groups is 1. The van der Waals surface area contributed by atoms with Gasteiger partial charge in [-0.1, -0.05) is 30.0 Å². The van der Waals surface area contributed by atoms with E-state index in [9.17, 15) is 13.6 Å². The van der Waals surface area contributed by atoms with Crippen LogP contribution in [0.2, 0.25) is 0 Å². The van der Waals surface area contributed by atoms with Gasteiger partial charge in [0.15, 0.2) is 0 Å². The van der Waals surface area contributed by atoms with Crippen molar-refractivity contribution >= 4 is 11.6 Å². The van der Waals surface area contributed by atoms with Gasteiger partial charge in [0.05, 0.1) is 36.8 Å². The fourth-order valence-corrected chi connectivity index (χ4v) is 5.13. The molecule has 0 saturated carbocycles. The number of alkyl halides is 1. The average molecular weight is 511 g/mol. The van der Waals surface area contributed by atoms with Crippen LogP contribution >= 0.6 is 0 Å². The molecule has 0 radical (unpaired) electrons. The van der Waals surface area contributed by atoms with Gasteiger partial charge >= 0.3 is 0 Å². The van der Waals surface area contributed by atoms with Crippen LogP contribution in [0.25, 0.3) is 0 Å². The number of hydrogen-bond acceptors (Lipinski definition) is 5. The van der Waals surface area contributed by atoms with Gasteiger partial charge < -0.3 is 15.2 Å². The molecule has 1 amide bonds. The lowest BCUT2D eigenvalue weighted by molar-refractivity contribution is 0.0926. The summed E-state index contributed by atoms with van der Waals surface area (Å²) in [4.78, 5) is 26.4. The Bertz CT molecular complexity index is 1580. The summed E-state index contributed by atoms with van der Waals surface area (Å²) >= 11 is 0. The van der Waals surface area contributed by atoms with E-state index in [2.05, 4.69) is 43.5 Å². The molecule has 0 fully saturated rings. The monoisotopic (exact) mass is 510 g/mol. The average Bonchev–Trinajstić information content (AvgIpc) is 3.59. The number of fused-ring (bicyclic) bond motifs is 2. The number of halogens is 2. The highest BCUT2D eigenvalue weighted by Crippen LogP contribution is 2.34. The molecule has 0 aliphatic carbocycles. The predicted octanol–water partition coefficient (Wildman–Crippen LogP) is 3.92. The first-order chi connectivity index (χ1) is 18.4. The molecule has 5 heterocycles. The van der Waals surface area contributed by atoms with Crippen LogP contribution in [0.4, 0.5) is 14.5 Å². The van der Waals surface area contributed by atoms with Gasteiger partial charge in [-0.15, -0.1) is 0 Å². The topological polar surface area (TPSA) is 84.7 Å². The Morgan fingerprint density at radius 3 is 2.84 bits per heavy atom. The predicted molar refractivity (Wildman–Crippen MR) is 138 cm³/mol. The maximum absolute atomic E-state index is 14.2. The summed E-state index contributed by atoms with van der Waals surface area (Å²) in [5.41, 5.74) is 5.43. The van der Waals surface area contributed by atoms with Gasteiger partial charge in [-0.3, -0.25) is 9.78 Å². The zero-order chi connectivity index (χ0) is 26.2. The number of aryl methyl sites for hydroxylation is 1. The van der Waals surface area contributed by atoms with E-state index in [0.29, 0.717) is 28.9 Å². The van der Waals surface area contributed by atoms with Gasteiger partial charge in [0, 0.05) is 40.8 Å². The number of anilines is 1. The zero-order valence-electron chi connectivity index (χ0n) is 20.6. The number of pyridine rings is 2. The van der Waals surface area contributed by atoms with Crippen LogP contribution < -0.4 is 10.6 Å². The second-order valence-corrected chi connectivity index (χ2v) is 9.62. The van der Waals surface area contributed by atoms with Crippen LogP contribution in [0.3, 0.4) is 0 Å². The molecule has 3 aromatic heterocycles. The third-order valence-corrected chi connectivity index (χ3v) is 6.81. The molecule has 2 aliphatic rings. The Morgan fingerprint density at radius 1 is 1.16 bits per heavy atom. The minimum absolute atomic E-state index is 0.167. The van der Waals surface area contributed by atoms with Crippen molar-refractivity contribution < 1.29 is 13.6 Å². The number of para-hydroxylation sites is 1. The van der Waals surface area contributed by atoms with E-state index in [4.69, 9.17) is 0 Å². The lowest BCUT2D eigenvalue weighted by Gasteiger charge is -2.25. The summed E-state index contributed by atoms with van der Waals surface area (Å²) in [6.07, 6.45) is 4.21. The number of amides is 1. The van der Waals surface area contributed by atoms with Gasteiger partial charge in [0.25, 0.3) is 5.91 Å². The Hall–Kier alpha value is -4.58. The van der Waals surface area contributed by atoms with Crippen molar-refractivity contribution in [1.29, 1.82) is 0 Å². The van der Waals surface area contributed by atoms with Crippen LogP contribution in [-0.2, 0) is 19.4 Å². The van der Waals surface area contributed by atoms with Crippen molar-refractivity contribution in [2.75, 3.05) is 5.32 Å². The van der Waals surface area contributed by atoms with E-state index in [0.717, 1.165) is 23.1 Å². The number of benzene rings is 1. The second kappa shape index (κ2) is 9.71. The summed E-state index contributed by atoms with van der Waals surface area (Å²) in [6.45, 7) is 2.05. The highest BCUT2D eigenvalue weighted by atomic mass is 19.1. The van der Waals surface area contributed by atoms with Crippen LogP contribution in [-0.4, -0.2) is 37.6 Å². The summed E-state index contributed by atoms with van der Waals surface area (Å²) in [5.74, 6) is 4.98. The van der Waals surface area contributed by atoms with E-state index in [1.807, 2.05) is 22.8 Å². The normalized spacial score (nSPS) is 18.1. The highest BCUT2D eigenvalue weighted by molar-refractivity contribution is 5.93. The fraction of sp³-hybridized carbons (Fsp3) is 0.241. The van der Waals surface area contributed by atoms with Crippen molar-refractivity contribution in [2.24, 2.45) is 0 Å². The van der Waals surface area contributed by atoms with Crippen molar-refractivity contribution in [3.05, 3.63) is 106 Å². The molecular formula is C29H24F2N6O. The van der Waals surface area contributed by atoms with Crippen LogP contribution in [0.15, 0.2) is 61.2 Å². The summed E-state index contributed by atoms with van der Waals surface area (Å²) in [6, 6.07) is 12.0. The van der Waals surface area contributed by atoms with Gasteiger partial charge in [-0.2, -0.15) is 0 Å². The van der Waals surface area contributed by atoms with E-state index in [1.165, 1.54) is 12.3 Å². The Balaban J connectivity index is 1.30. The molecule has 190 valence electrons. The number of hydrogen-bond donors (Lipinski definition) is 2. The lowest BCUT2D eigenvalue weighted by Crippen LogP contribution is -2.40. The highest BCUT2D eigenvalue weighted by Gasteiger charge is 2.36. The van der Waals surface area contributed by atoms with Crippen molar-refractivity contribution in [1.82, 2.24) is 24.8 Å². The van der Waals surface area contributed by atoms with Gasteiger partial charge in [0.1, 0.15) is 17.7 Å². The van der Waals surface area contributed by atoms with Gasteiger partial charge in [0.2, 0.25) is 0 Å². The molecule has 9 heteroatoms. The molecular weight excluding hydrogens is 486 g/mol. The first-order valence-electron chi connectivity index (χ1n) is 12.4. The summed E-state index contributed by atoms with van der Waals surface area (Å²) < 4.78 is 29.5. The number of aromatic nitrogens is 4. The Morgan fingerprint density at radius 2 is 2.00 bits per heavy atom. The molecule has 6 rings (SSSR count). The maximum atomic E-state index is 14.2. The van der Waals surface area contributed by atoms with Crippen LogP contribution in [0.1, 0.15) is 50.3 Å². The number of nitrogens with one attached hydrogen (secondary N) is 2. The fourth-order valence-electron chi connectivity index (χ4n) is 5.13. The minimum Gasteiger partial charge on any atom is -0.379 e. The Labute approximate surface area is 218 Å². The van der Waals surface area contributed by atoms with E-state index in [-0.39, 0.29) is 30.6 Å². The quantitative estimate of drug-likeness (QED) is 0.407. The lowest BCUT2D eigenvalue weighted by atomic mass is 9.98. The number of imidazole rings is 1. The van der Waals surface area contributed by atoms with Gasteiger partial charge in [-0.25, -0.2) is 18.7 Å². The molecule has 3 atom stereocenters. The largest absolute Gasteiger partial charge is 0.379 e. The molecule has 1 aromatic carbocycles. The molecule has 0 bridgehead atoms. The molecule has 38 heavy (non-hydrogen) atoms. The summed E-state index contributed by atoms with van der Waals surface area (Å²) in [7, 11) is 0. The third-order valence-electron chi connectivity index (χ3n) is 6.81. The molecule has 7 nitrogen and oxygen atoms in total. The SMILES string of the molecule is Cc1cc(C#Cc2cncc(F)c2)cc(C(=O)NC(c2ncn3c2C[C@@H](F)C3)C2Cc3ccccc3N2)n1. The second-order valence-electron chi connectivity index (χ2n) is 9.62. The standard InChI is InChI=1S/C29H24F2N6O/c1-17-8-18(6-7-19-9-21(30)14-32-13-19)10-25(34-17)29(38)36-27(24-11-20-4-2-3-5-23(20)35-24)28-26-12-22(31)15-37(26)16-33-28/h2-5,8-10,13-14,16,22,24,27,35H,11-12,15H2,1H3,(H,36,38)/t22-,24?,27?/m1/s1. The van der Waals surface area contributed by atoms with Gasteiger partial charge in [-0.05, 0) is 43.2 Å². The minimum atomic E-state index is -0.968. The smallest absolute Gasteiger partial charge is 0.270 e. The molecule has 2 N–H and O–H groups in total. The molecule has 2 aliphatic heterocycles. The van der Waals surface area contributed by atoms with Crippen LogP contribution in [0.5, 0.6) is 0 Å². The first-order valence-corrected chi connectivity index (χ1v) is 12.4. The number of carbonyl (C=O) groups excluding carboxylic acids is 1. The molecule has 4 aromatic rings. The van der Waals surface area contributed by atoms with E-state index in [1.54, 1.807) is 25.4 Å².